The average molecular weight is 444 g/mol. The Morgan fingerprint density at radius 3 is 2.64 bits per heavy atom. The summed E-state index contributed by atoms with van der Waals surface area (Å²) in [6, 6.07) is 16.3. The summed E-state index contributed by atoms with van der Waals surface area (Å²) in [6.07, 6.45) is 0. The standard InChI is InChI=1S/C25H25N5O3/c1-15-23-20(13-21(27-24(23)29-28-15)16-3-7-18(31)8-4-16)25(32)30-12-11-26-14-22(30)17-5-9-19(33-2)10-6-17/h3-10,13,22,26,31H,11-12,14H2,1-2H3,(H,27,28,29). The molecule has 0 aliphatic carbocycles. The van der Waals surface area contributed by atoms with Gasteiger partial charge in [-0.25, -0.2) is 4.98 Å². The zero-order valence-electron chi connectivity index (χ0n) is 18.5. The van der Waals surface area contributed by atoms with E-state index < -0.39 is 0 Å². The lowest BCUT2D eigenvalue weighted by Gasteiger charge is -2.37. The summed E-state index contributed by atoms with van der Waals surface area (Å²) >= 11 is 0. The zero-order valence-corrected chi connectivity index (χ0v) is 18.5. The van der Waals surface area contributed by atoms with Crippen LogP contribution >= 0.6 is 0 Å². The van der Waals surface area contributed by atoms with Gasteiger partial charge in [-0.2, -0.15) is 5.10 Å². The van der Waals surface area contributed by atoms with Crippen LogP contribution in [0.3, 0.4) is 0 Å². The molecule has 1 atom stereocenters. The highest BCUT2D eigenvalue weighted by Crippen LogP contribution is 2.31. The van der Waals surface area contributed by atoms with E-state index in [1.807, 2.05) is 42.2 Å². The van der Waals surface area contributed by atoms with Crippen molar-refractivity contribution in [1.29, 1.82) is 0 Å². The molecule has 1 unspecified atom stereocenters. The van der Waals surface area contributed by atoms with E-state index in [0.717, 1.165) is 34.5 Å². The van der Waals surface area contributed by atoms with Gasteiger partial charge in [-0.1, -0.05) is 12.1 Å². The second-order valence-electron chi connectivity index (χ2n) is 8.13. The topological polar surface area (TPSA) is 103 Å². The van der Waals surface area contributed by atoms with Crippen molar-refractivity contribution in [1.82, 2.24) is 25.4 Å². The van der Waals surface area contributed by atoms with E-state index in [0.29, 0.717) is 30.0 Å². The van der Waals surface area contributed by atoms with Gasteiger partial charge in [0.15, 0.2) is 5.65 Å². The number of aromatic nitrogens is 3. The lowest BCUT2D eigenvalue weighted by molar-refractivity contribution is 0.0636. The number of rotatable bonds is 4. The van der Waals surface area contributed by atoms with E-state index in [2.05, 4.69) is 20.5 Å². The van der Waals surface area contributed by atoms with Crippen LogP contribution in [0.4, 0.5) is 0 Å². The molecule has 0 saturated carbocycles. The number of nitrogens with zero attached hydrogens (tertiary/aromatic N) is 3. The Kier molecular flexibility index (Phi) is 5.43. The van der Waals surface area contributed by atoms with Crippen LogP contribution in [-0.4, -0.2) is 57.8 Å². The molecule has 0 spiro atoms. The number of aryl methyl sites for hydroxylation is 1. The van der Waals surface area contributed by atoms with Gasteiger partial charge < -0.3 is 20.1 Å². The Morgan fingerprint density at radius 2 is 1.91 bits per heavy atom. The number of carbonyl (C=O) groups is 1. The molecule has 8 heteroatoms. The first kappa shape index (κ1) is 21.0. The minimum atomic E-state index is -0.107. The molecule has 5 rings (SSSR count). The van der Waals surface area contributed by atoms with Crippen LogP contribution in [0.2, 0.25) is 0 Å². The van der Waals surface area contributed by atoms with Gasteiger partial charge in [0, 0.05) is 25.2 Å². The van der Waals surface area contributed by atoms with Gasteiger partial charge in [-0.15, -0.1) is 0 Å². The van der Waals surface area contributed by atoms with E-state index in [4.69, 9.17) is 4.74 Å². The number of piperazine rings is 1. The summed E-state index contributed by atoms with van der Waals surface area (Å²) in [7, 11) is 1.64. The molecule has 2 aromatic carbocycles. The van der Waals surface area contributed by atoms with Crippen molar-refractivity contribution >= 4 is 16.9 Å². The molecule has 1 fully saturated rings. The molecule has 4 aromatic rings. The molecule has 8 nitrogen and oxygen atoms in total. The van der Waals surface area contributed by atoms with Crippen LogP contribution in [0.5, 0.6) is 11.5 Å². The van der Waals surface area contributed by atoms with Gasteiger partial charge in [0.25, 0.3) is 5.91 Å². The van der Waals surface area contributed by atoms with Crippen LogP contribution in [0, 0.1) is 6.92 Å². The van der Waals surface area contributed by atoms with Gasteiger partial charge in [0.2, 0.25) is 0 Å². The third kappa shape index (κ3) is 3.89. The maximum atomic E-state index is 14.0. The Bertz CT molecular complexity index is 1300. The van der Waals surface area contributed by atoms with Crippen molar-refractivity contribution in [3.8, 4) is 22.8 Å². The highest BCUT2D eigenvalue weighted by atomic mass is 16.5. The lowest BCUT2D eigenvalue weighted by atomic mass is 9.99. The van der Waals surface area contributed by atoms with Crippen molar-refractivity contribution in [2.75, 3.05) is 26.7 Å². The third-order valence-electron chi connectivity index (χ3n) is 6.11. The number of phenolic OH excluding ortho intramolecular Hbond substituents is 1. The number of pyridine rings is 1. The van der Waals surface area contributed by atoms with Crippen molar-refractivity contribution in [3.05, 3.63) is 71.4 Å². The number of benzene rings is 2. The molecule has 0 radical (unpaired) electrons. The average Bonchev–Trinajstić information content (AvgIpc) is 3.24. The fourth-order valence-electron chi connectivity index (χ4n) is 4.36. The highest BCUT2D eigenvalue weighted by Gasteiger charge is 2.31. The van der Waals surface area contributed by atoms with E-state index in [1.165, 1.54) is 0 Å². The van der Waals surface area contributed by atoms with Gasteiger partial charge in [-0.3, -0.25) is 9.89 Å². The number of H-pyrrole nitrogens is 1. The predicted molar refractivity (Wildman–Crippen MR) is 125 cm³/mol. The monoisotopic (exact) mass is 443 g/mol. The number of amides is 1. The molecular formula is C25H25N5O3. The van der Waals surface area contributed by atoms with Crippen LogP contribution in [0.15, 0.2) is 54.6 Å². The Hall–Kier alpha value is -3.91. The molecule has 1 aliphatic rings. The van der Waals surface area contributed by atoms with Gasteiger partial charge in [0.1, 0.15) is 11.5 Å². The zero-order chi connectivity index (χ0) is 22.9. The molecule has 1 amide bonds. The van der Waals surface area contributed by atoms with Crippen LogP contribution in [0.1, 0.15) is 27.7 Å². The lowest BCUT2D eigenvalue weighted by Crippen LogP contribution is -2.48. The van der Waals surface area contributed by atoms with E-state index in [-0.39, 0.29) is 17.7 Å². The van der Waals surface area contributed by atoms with Crippen molar-refractivity contribution in [2.45, 2.75) is 13.0 Å². The van der Waals surface area contributed by atoms with E-state index >= 15 is 0 Å². The van der Waals surface area contributed by atoms with Gasteiger partial charge in [-0.05, 0) is 55.0 Å². The molecular weight excluding hydrogens is 418 g/mol. The number of hydrogen-bond donors (Lipinski definition) is 3. The maximum absolute atomic E-state index is 14.0. The summed E-state index contributed by atoms with van der Waals surface area (Å²) in [5, 5.41) is 21.0. The smallest absolute Gasteiger partial charge is 0.255 e. The van der Waals surface area contributed by atoms with Crippen LogP contribution < -0.4 is 10.1 Å². The fraction of sp³-hybridized carbons (Fsp3) is 0.240. The predicted octanol–water partition coefficient (Wildman–Crippen LogP) is 3.43. The number of fused-ring (bicyclic) bond motifs is 1. The first-order chi connectivity index (χ1) is 16.0. The van der Waals surface area contributed by atoms with Crippen LogP contribution in [-0.2, 0) is 0 Å². The summed E-state index contributed by atoms with van der Waals surface area (Å²) in [5.74, 6) is 0.898. The summed E-state index contributed by atoms with van der Waals surface area (Å²) in [5.41, 5.74) is 4.36. The second-order valence-corrected chi connectivity index (χ2v) is 8.13. The summed E-state index contributed by atoms with van der Waals surface area (Å²) in [6.45, 7) is 3.85. The van der Waals surface area contributed by atoms with Crippen molar-refractivity contribution in [2.24, 2.45) is 0 Å². The maximum Gasteiger partial charge on any atom is 0.255 e. The number of aromatic hydroxyl groups is 1. The number of nitrogens with one attached hydrogen (secondary N) is 2. The second kappa shape index (κ2) is 8.55. The minimum Gasteiger partial charge on any atom is -0.508 e. The number of aromatic amines is 1. The number of ether oxygens (including phenoxy) is 1. The Balaban J connectivity index is 1.58. The molecule has 0 bridgehead atoms. The van der Waals surface area contributed by atoms with Gasteiger partial charge in [0.05, 0.1) is 35.5 Å². The normalized spacial score (nSPS) is 16.2. The van der Waals surface area contributed by atoms with Crippen molar-refractivity contribution < 1.29 is 14.6 Å². The number of carbonyl (C=O) groups excluding carboxylic acids is 1. The summed E-state index contributed by atoms with van der Waals surface area (Å²) < 4.78 is 5.29. The van der Waals surface area contributed by atoms with Crippen molar-refractivity contribution in [3.63, 3.8) is 0 Å². The highest BCUT2D eigenvalue weighted by molar-refractivity contribution is 6.07. The molecule has 2 aromatic heterocycles. The fourth-order valence-corrected chi connectivity index (χ4v) is 4.36. The quantitative estimate of drug-likeness (QED) is 0.447. The number of methoxy groups -OCH3 is 1. The largest absolute Gasteiger partial charge is 0.508 e. The van der Waals surface area contributed by atoms with E-state index in [9.17, 15) is 9.90 Å². The van der Waals surface area contributed by atoms with E-state index in [1.54, 1.807) is 31.4 Å². The molecule has 3 N–H and O–H groups in total. The SMILES string of the molecule is COc1ccc(C2CNCCN2C(=O)c2cc(-c3ccc(O)cc3)nc3[nH]nc(C)c23)cc1. The van der Waals surface area contributed by atoms with Gasteiger partial charge >= 0.3 is 0 Å². The van der Waals surface area contributed by atoms with Crippen LogP contribution in [0.25, 0.3) is 22.3 Å². The first-order valence-corrected chi connectivity index (χ1v) is 10.9. The molecule has 3 heterocycles. The third-order valence-corrected chi connectivity index (χ3v) is 6.11. The molecule has 1 saturated heterocycles. The Morgan fingerprint density at radius 1 is 1.15 bits per heavy atom. The Labute approximate surface area is 191 Å². The first-order valence-electron chi connectivity index (χ1n) is 10.9. The molecule has 33 heavy (non-hydrogen) atoms. The molecule has 168 valence electrons. The minimum absolute atomic E-state index is 0.0609. The summed E-state index contributed by atoms with van der Waals surface area (Å²) in [4.78, 5) is 20.6. The molecule has 1 aliphatic heterocycles. The number of phenols is 1. The number of hydrogen-bond acceptors (Lipinski definition) is 6.